The molecule has 1 aromatic carbocycles. The molecule has 0 bridgehead atoms. The van der Waals surface area contributed by atoms with Gasteiger partial charge in [-0.15, -0.1) is 12.4 Å². The lowest BCUT2D eigenvalue weighted by Gasteiger charge is -2.33. The van der Waals surface area contributed by atoms with E-state index in [0.717, 1.165) is 22.4 Å². The molecule has 1 heterocycles. The van der Waals surface area contributed by atoms with E-state index in [0.29, 0.717) is 6.04 Å². The van der Waals surface area contributed by atoms with E-state index in [4.69, 9.17) is 9.73 Å². The molecule has 1 unspecified atom stereocenters. The Balaban J connectivity index is 0.00000243. The van der Waals surface area contributed by atoms with E-state index in [1.165, 1.54) is 32.1 Å². The predicted octanol–water partition coefficient (Wildman–Crippen LogP) is 4.16. The summed E-state index contributed by atoms with van der Waals surface area (Å²) < 4.78 is 5.32. The van der Waals surface area contributed by atoms with Crippen LogP contribution in [0, 0.1) is 0 Å². The molecule has 144 valence electrons. The number of carbonyl (C=O) groups excluding carboxylic acids is 1. The molecule has 1 amide bonds. The molecule has 0 radical (unpaired) electrons. The number of anilines is 1. The molecule has 1 saturated heterocycles. The SMILES string of the molecule is COc1cccc(N(C(C)=O)C2CSC(=NC3CCCCC3)N2C)c1.Cl. The number of hydrogen-bond donors (Lipinski definition) is 0. The summed E-state index contributed by atoms with van der Waals surface area (Å²) in [5, 5.41) is 1.06. The summed E-state index contributed by atoms with van der Waals surface area (Å²) >= 11 is 1.75. The van der Waals surface area contributed by atoms with E-state index in [1.54, 1.807) is 25.8 Å². The number of methoxy groups -OCH3 is 1. The Hall–Kier alpha value is -1.40. The molecule has 1 atom stereocenters. The minimum absolute atomic E-state index is 0. The van der Waals surface area contributed by atoms with Crippen molar-refractivity contribution in [3.63, 3.8) is 0 Å². The first-order valence-electron chi connectivity index (χ1n) is 8.97. The van der Waals surface area contributed by atoms with E-state index in [1.807, 2.05) is 36.2 Å². The highest BCUT2D eigenvalue weighted by molar-refractivity contribution is 8.14. The second kappa shape index (κ2) is 9.51. The average Bonchev–Trinajstić information content (AvgIpc) is 2.97. The fourth-order valence-electron chi connectivity index (χ4n) is 3.56. The van der Waals surface area contributed by atoms with Gasteiger partial charge in [0.2, 0.25) is 5.91 Å². The third kappa shape index (κ3) is 4.65. The molecule has 7 heteroatoms. The van der Waals surface area contributed by atoms with Crippen LogP contribution in [0.15, 0.2) is 29.3 Å². The summed E-state index contributed by atoms with van der Waals surface area (Å²) in [6.07, 6.45) is 6.26. The topological polar surface area (TPSA) is 45.1 Å². The zero-order chi connectivity index (χ0) is 17.8. The monoisotopic (exact) mass is 397 g/mol. The van der Waals surface area contributed by atoms with Crippen LogP contribution in [-0.4, -0.2) is 48.1 Å². The van der Waals surface area contributed by atoms with Gasteiger partial charge in [0.1, 0.15) is 11.9 Å². The van der Waals surface area contributed by atoms with Crippen molar-refractivity contribution in [1.29, 1.82) is 0 Å². The van der Waals surface area contributed by atoms with Crippen molar-refractivity contribution >= 4 is 40.9 Å². The predicted molar refractivity (Wildman–Crippen MR) is 112 cm³/mol. The lowest BCUT2D eigenvalue weighted by atomic mass is 9.96. The van der Waals surface area contributed by atoms with Crippen molar-refractivity contribution in [2.75, 3.05) is 24.8 Å². The van der Waals surface area contributed by atoms with E-state index in [-0.39, 0.29) is 24.5 Å². The Labute approximate surface area is 166 Å². The third-order valence-corrected chi connectivity index (χ3v) is 6.06. The number of carbonyl (C=O) groups is 1. The number of ether oxygens (including phenoxy) is 1. The Kier molecular flexibility index (Phi) is 7.65. The molecule has 26 heavy (non-hydrogen) atoms. The smallest absolute Gasteiger partial charge is 0.225 e. The van der Waals surface area contributed by atoms with E-state index >= 15 is 0 Å². The van der Waals surface area contributed by atoms with Crippen molar-refractivity contribution in [3.05, 3.63) is 24.3 Å². The van der Waals surface area contributed by atoms with Crippen LogP contribution < -0.4 is 9.64 Å². The van der Waals surface area contributed by atoms with Gasteiger partial charge >= 0.3 is 0 Å². The van der Waals surface area contributed by atoms with Gasteiger partial charge in [-0.05, 0) is 25.0 Å². The highest BCUT2D eigenvalue weighted by Crippen LogP contribution is 2.32. The Morgan fingerprint density at radius 2 is 2.04 bits per heavy atom. The van der Waals surface area contributed by atoms with Crippen molar-refractivity contribution in [1.82, 2.24) is 4.90 Å². The minimum atomic E-state index is -0.0167. The van der Waals surface area contributed by atoms with Crippen LogP contribution in [0.5, 0.6) is 5.75 Å². The second-order valence-electron chi connectivity index (χ2n) is 6.70. The van der Waals surface area contributed by atoms with Crippen LogP contribution in [-0.2, 0) is 4.79 Å². The fraction of sp³-hybridized carbons (Fsp3) is 0.579. The molecule has 1 aromatic rings. The number of rotatable bonds is 4. The van der Waals surface area contributed by atoms with Gasteiger partial charge in [-0.2, -0.15) is 0 Å². The zero-order valence-corrected chi connectivity index (χ0v) is 17.3. The quantitative estimate of drug-likeness (QED) is 0.765. The lowest BCUT2D eigenvalue weighted by Crippen LogP contribution is -2.48. The van der Waals surface area contributed by atoms with Gasteiger partial charge in [-0.25, -0.2) is 0 Å². The number of hydrogen-bond acceptors (Lipinski definition) is 4. The standard InChI is InChI=1S/C19H27N3O2S.ClH/c1-14(23)22(16-10-7-11-17(12-16)24-3)18-13-25-19(21(18)2)20-15-8-5-4-6-9-15;/h7,10-12,15,18H,4-6,8-9,13H2,1-3H3;1H. The zero-order valence-electron chi connectivity index (χ0n) is 15.7. The molecular weight excluding hydrogens is 370 g/mol. The van der Waals surface area contributed by atoms with Gasteiger partial charge in [0.05, 0.1) is 13.2 Å². The summed E-state index contributed by atoms with van der Waals surface area (Å²) in [5.74, 6) is 1.62. The Morgan fingerprint density at radius 1 is 1.31 bits per heavy atom. The summed E-state index contributed by atoms with van der Waals surface area (Å²) in [6, 6.07) is 8.13. The van der Waals surface area contributed by atoms with E-state index in [2.05, 4.69) is 4.90 Å². The number of benzene rings is 1. The minimum Gasteiger partial charge on any atom is -0.497 e. The highest BCUT2D eigenvalue weighted by atomic mass is 35.5. The molecule has 0 N–H and O–H groups in total. The van der Waals surface area contributed by atoms with Crippen molar-refractivity contribution < 1.29 is 9.53 Å². The maximum Gasteiger partial charge on any atom is 0.225 e. The lowest BCUT2D eigenvalue weighted by molar-refractivity contribution is -0.117. The first-order chi connectivity index (χ1) is 12.1. The van der Waals surface area contributed by atoms with Crippen molar-refractivity contribution in [2.45, 2.75) is 51.2 Å². The molecule has 5 nitrogen and oxygen atoms in total. The first-order valence-corrected chi connectivity index (χ1v) is 9.96. The van der Waals surface area contributed by atoms with Crippen molar-refractivity contribution in [2.24, 2.45) is 4.99 Å². The molecule has 1 aliphatic heterocycles. The van der Waals surface area contributed by atoms with Crippen LogP contribution in [0.4, 0.5) is 5.69 Å². The molecule has 1 aliphatic carbocycles. The number of nitrogens with zero attached hydrogens (tertiary/aromatic N) is 3. The van der Waals surface area contributed by atoms with Gasteiger partial charge in [0.25, 0.3) is 0 Å². The maximum absolute atomic E-state index is 12.4. The molecule has 3 rings (SSSR count). The second-order valence-corrected chi connectivity index (χ2v) is 7.68. The molecule has 2 fully saturated rings. The normalized spacial score (nSPS) is 22.2. The first kappa shape index (κ1) is 20.9. The van der Waals surface area contributed by atoms with Gasteiger partial charge < -0.3 is 9.64 Å². The van der Waals surface area contributed by atoms with E-state index < -0.39 is 0 Å². The van der Waals surface area contributed by atoms with Crippen LogP contribution in [0.1, 0.15) is 39.0 Å². The number of halogens is 1. The number of thioether (sulfide) groups is 1. The van der Waals surface area contributed by atoms with E-state index in [9.17, 15) is 4.79 Å². The fourth-order valence-corrected chi connectivity index (χ4v) is 4.78. The molecule has 2 aliphatic rings. The van der Waals surface area contributed by atoms with Crippen LogP contribution >= 0.6 is 24.2 Å². The average molecular weight is 398 g/mol. The van der Waals surface area contributed by atoms with Gasteiger partial charge in [-0.1, -0.05) is 37.1 Å². The summed E-state index contributed by atoms with van der Waals surface area (Å²) in [6.45, 7) is 1.62. The van der Waals surface area contributed by atoms with Crippen LogP contribution in [0.2, 0.25) is 0 Å². The highest BCUT2D eigenvalue weighted by Gasteiger charge is 2.35. The number of amides is 1. The van der Waals surface area contributed by atoms with Crippen LogP contribution in [0.3, 0.4) is 0 Å². The van der Waals surface area contributed by atoms with Gasteiger partial charge in [0, 0.05) is 31.5 Å². The number of aliphatic imine (C=N–C) groups is 1. The van der Waals surface area contributed by atoms with Gasteiger partial charge in [0.15, 0.2) is 5.17 Å². The summed E-state index contributed by atoms with van der Waals surface area (Å²) in [5.41, 5.74) is 0.864. The summed E-state index contributed by atoms with van der Waals surface area (Å²) in [7, 11) is 3.69. The van der Waals surface area contributed by atoms with Crippen LogP contribution in [0.25, 0.3) is 0 Å². The molecule has 1 saturated carbocycles. The number of amidine groups is 1. The Bertz CT molecular complexity index is 649. The maximum atomic E-state index is 12.4. The largest absolute Gasteiger partial charge is 0.497 e. The third-order valence-electron chi connectivity index (χ3n) is 4.95. The Morgan fingerprint density at radius 3 is 2.69 bits per heavy atom. The van der Waals surface area contributed by atoms with Crippen molar-refractivity contribution in [3.8, 4) is 5.75 Å². The van der Waals surface area contributed by atoms with Gasteiger partial charge in [-0.3, -0.25) is 14.7 Å². The summed E-state index contributed by atoms with van der Waals surface area (Å²) in [4.78, 5) is 21.4. The molecule has 0 spiro atoms. The molecule has 0 aromatic heterocycles. The molecular formula is C19H28ClN3O2S.